The van der Waals surface area contributed by atoms with Gasteiger partial charge in [0, 0.05) is 42.8 Å². The molecule has 0 unspecified atom stereocenters. The summed E-state index contributed by atoms with van der Waals surface area (Å²) in [5.41, 5.74) is 3.97. The van der Waals surface area contributed by atoms with Gasteiger partial charge in [0.1, 0.15) is 0 Å². The molecule has 0 saturated carbocycles. The smallest absolute Gasteiger partial charge is 0.257 e. The first-order chi connectivity index (χ1) is 11.2. The van der Waals surface area contributed by atoms with Crippen molar-refractivity contribution in [2.45, 2.75) is 33.7 Å². The highest BCUT2D eigenvalue weighted by Gasteiger charge is 2.17. The van der Waals surface area contributed by atoms with Crippen molar-refractivity contribution in [3.63, 3.8) is 0 Å². The summed E-state index contributed by atoms with van der Waals surface area (Å²) < 4.78 is 2.15. The third-order valence-electron chi connectivity index (χ3n) is 4.04. The minimum atomic E-state index is -0.137. The number of nitrogens with one attached hydrogen (secondary N) is 1. The molecule has 5 nitrogen and oxygen atoms in total. The highest BCUT2D eigenvalue weighted by Crippen LogP contribution is 2.21. The first kappa shape index (κ1) is 17.8. The van der Waals surface area contributed by atoms with Crippen LogP contribution in [0.1, 0.15) is 52.0 Å². The third-order valence-corrected chi connectivity index (χ3v) is 4.04. The molecule has 1 aromatic heterocycles. The fourth-order valence-electron chi connectivity index (χ4n) is 2.95. The zero-order valence-corrected chi connectivity index (χ0v) is 15.2. The van der Waals surface area contributed by atoms with E-state index in [4.69, 9.17) is 0 Å². The topological polar surface area (TPSA) is 54.3 Å². The summed E-state index contributed by atoms with van der Waals surface area (Å²) in [6.45, 7) is 8.16. The van der Waals surface area contributed by atoms with E-state index in [1.54, 1.807) is 38.4 Å². The van der Waals surface area contributed by atoms with Crippen molar-refractivity contribution in [2.75, 3.05) is 19.4 Å². The minimum absolute atomic E-state index is 0.0617. The molecule has 5 heteroatoms. The second kappa shape index (κ2) is 6.91. The number of hydrogen-bond acceptors (Lipinski definition) is 2. The van der Waals surface area contributed by atoms with E-state index in [1.165, 1.54) is 4.90 Å². The Hall–Kier alpha value is -2.56. The predicted molar refractivity (Wildman–Crippen MR) is 96.7 cm³/mol. The zero-order chi connectivity index (χ0) is 18.0. The van der Waals surface area contributed by atoms with Gasteiger partial charge in [0.05, 0.1) is 5.56 Å². The number of anilines is 1. The molecule has 0 atom stereocenters. The number of hydrogen-bond donors (Lipinski definition) is 1. The Balaban J connectivity index is 2.19. The van der Waals surface area contributed by atoms with E-state index in [-0.39, 0.29) is 11.8 Å². The van der Waals surface area contributed by atoms with Gasteiger partial charge in [-0.15, -0.1) is 0 Å². The minimum Gasteiger partial charge on any atom is -0.346 e. The second-order valence-electron chi connectivity index (χ2n) is 6.48. The lowest BCUT2D eigenvalue weighted by molar-refractivity contribution is 0.0827. The molecule has 2 amide bonds. The van der Waals surface area contributed by atoms with Gasteiger partial charge in [-0.25, -0.2) is 0 Å². The van der Waals surface area contributed by atoms with Gasteiger partial charge in [-0.1, -0.05) is 0 Å². The number of benzene rings is 1. The monoisotopic (exact) mass is 327 g/mol. The Morgan fingerprint density at radius 2 is 1.67 bits per heavy atom. The van der Waals surface area contributed by atoms with Crippen molar-refractivity contribution in [1.29, 1.82) is 0 Å². The third kappa shape index (κ3) is 3.50. The number of amides is 2. The van der Waals surface area contributed by atoms with Crippen molar-refractivity contribution >= 4 is 17.5 Å². The number of carbonyl (C=O) groups excluding carboxylic acids is 2. The van der Waals surface area contributed by atoms with E-state index in [1.807, 2.05) is 19.9 Å². The van der Waals surface area contributed by atoms with Crippen LogP contribution < -0.4 is 5.32 Å². The largest absolute Gasteiger partial charge is 0.346 e. The molecule has 0 aliphatic rings. The van der Waals surface area contributed by atoms with E-state index in [9.17, 15) is 9.59 Å². The fraction of sp³-hybridized carbons (Fsp3) is 0.368. The maximum atomic E-state index is 12.6. The van der Waals surface area contributed by atoms with Crippen LogP contribution in [0.15, 0.2) is 30.3 Å². The van der Waals surface area contributed by atoms with Gasteiger partial charge in [-0.2, -0.15) is 0 Å². The van der Waals surface area contributed by atoms with Crippen molar-refractivity contribution in [3.8, 4) is 0 Å². The number of aryl methyl sites for hydroxylation is 1. The van der Waals surface area contributed by atoms with Crippen LogP contribution in [-0.4, -0.2) is 35.4 Å². The lowest BCUT2D eigenvalue weighted by Gasteiger charge is -2.14. The number of aromatic nitrogens is 1. The Kier molecular flexibility index (Phi) is 5.12. The lowest BCUT2D eigenvalue weighted by Crippen LogP contribution is -2.21. The highest BCUT2D eigenvalue weighted by atomic mass is 16.2. The summed E-state index contributed by atoms with van der Waals surface area (Å²) in [5.74, 6) is -0.199. The van der Waals surface area contributed by atoms with E-state index in [0.717, 1.165) is 11.4 Å². The fourth-order valence-corrected chi connectivity index (χ4v) is 2.95. The number of rotatable bonds is 4. The first-order valence-electron chi connectivity index (χ1n) is 8.04. The molecule has 0 aliphatic carbocycles. The molecule has 0 spiro atoms. The van der Waals surface area contributed by atoms with Crippen LogP contribution in [0.5, 0.6) is 0 Å². The maximum Gasteiger partial charge on any atom is 0.257 e. The molecule has 1 N–H and O–H groups in total. The zero-order valence-electron chi connectivity index (χ0n) is 15.2. The van der Waals surface area contributed by atoms with E-state index in [2.05, 4.69) is 23.7 Å². The lowest BCUT2D eigenvalue weighted by atomic mass is 10.1. The van der Waals surface area contributed by atoms with Crippen LogP contribution in [0.4, 0.5) is 5.69 Å². The standard InChI is InChI=1S/C19H25N3O2/c1-12(2)22-13(3)11-17(14(22)4)18(23)20-16-9-7-15(8-10-16)19(24)21(5)6/h7-12H,1-6H3,(H,20,23). The van der Waals surface area contributed by atoms with Gasteiger partial charge in [0.25, 0.3) is 11.8 Å². The molecule has 1 heterocycles. The summed E-state index contributed by atoms with van der Waals surface area (Å²) in [4.78, 5) is 26.0. The number of carbonyl (C=O) groups is 2. The summed E-state index contributed by atoms with van der Waals surface area (Å²) in [6, 6.07) is 9.15. The average molecular weight is 327 g/mol. The Morgan fingerprint density at radius 1 is 1.08 bits per heavy atom. The normalized spacial score (nSPS) is 10.8. The molecule has 2 rings (SSSR count). The van der Waals surface area contributed by atoms with Crippen LogP contribution in [0.3, 0.4) is 0 Å². The first-order valence-corrected chi connectivity index (χ1v) is 8.04. The molecule has 0 radical (unpaired) electrons. The Labute approximate surface area is 143 Å². The van der Waals surface area contributed by atoms with Crippen molar-refractivity contribution in [1.82, 2.24) is 9.47 Å². The van der Waals surface area contributed by atoms with Crippen LogP contribution in [0, 0.1) is 13.8 Å². The number of nitrogens with zero attached hydrogens (tertiary/aromatic N) is 2. The van der Waals surface area contributed by atoms with Gasteiger partial charge >= 0.3 is 0 Å². The second-order valence-corrected chi connectivity index (χ2v) is 6.48. The molecule has 0 bridgehead atoms. The molecule has 0 aliphatic heterocycles. The van der Waals surface area contributed by atoms with Crippen LogP contribution >= 0.6 is 0 Å². The summed E-state index contributed by atoms with van der Waals surface area (Å²) in [5, 5.41) is 2.90. The van der Waals surface area contributed by atoms with Gasteiger partial charge in [-0.05, 0) is 58.0 Å². The average Bonchev–Trinajstić information content (AvgIpc) is 2.82. The molecule has 0 saturated heterocycles. The summed E-state index contributed by atoms with van der Waals surface area (Å²) in [6.07, 6.45) is 0. The molecule has 24 heavy (non-hydrogen) atoms. The summed E-state index contributed by atoms with van der Waals surface area (Å²) >= 11 is 0. The molecule has 1 aromatic carbocycles. The van der Waals surface area contributed by atoms with E-state index >= 15 is 0 Å². The maximum absolute atomic E-state index is 12.6. The highest BCUT2D eigenvalue weighted by molar-refractivity contribution is 6.05. The molecular weight excluding hydrogens is 302 g/mol. The molecule has 128 valence electrons. The molecule has 2 aromatic rings. The Morgan fingerprint density at radius 3 is 2.12 bits per heavy atom. The van der Waals surface area contributed by atoms with Crippen LogP contribution in [0.25, 0.3) is 0 Å². The van der Waals surface area contributed by atoms with E-state index < -0.39 is 0 Å². The predicted octanol–water partition coefficient (Wildman–Crippen LogP) is 3.64. The van der Waals surface area contributed by atoms with Crippen molar-refractivity contribution < 1.29 is 9.59 Å². The Bertz CT molecular complexity index is 756. The van der Waals surface area contributed by atoms with E-state index in [0.29, 0.717) is 22.9 Å². The SMILES string of the molecule is Cc1cc(C(=O)Nc2ccc(C(=O)N(C)C)cc2)c(C)n1C(C)C. The van der Waals surface area contributed by atoms with Gasteiger partial charge in [-0.3, -0.25) is 9.59 Å². The van der Waals surface area contributed by atoms with Gasteiger partial charge in [0.2, 0.25) is 0 Å². The molecular formula is C19H25N3O2. The summed E-state index contributed by atoms with van der Waals surface area (Å²) in [7, 11) is 3.42. The van der Waals surface area contributed by atoms with Gasteiger partial charge < -0.3 is 14.8 Å². The van der Waals surface area contributed by atoms with Crippen molar-refractivity contribution in [2.24, 2.45) is 0 Å². The van der Waals surface area contributed by atoms with Gasteiger partial charge in [0.15, 0.2) is 0 Å². The molecule has 0 fully saturated rings. The quantitative estimate of drug-likeness (QED) is 0.932. The van der Waals surface area contributed by atoms with Crippen molar-refractivity contribution in [3.05, 3.63) is 52.8 Å². The van der Waals surface area contributed by atoms with Crippen LogP contribution in [0.2, 0.25) is 0 Å². The van der Waals surface area contributed by atoms with Crippen LogP contribution in [-0.2, 0) is 0 Å².